The molecule has 2 aromatic rings. The number of carbonyl (C=O) groups excluding carboxylic acids is 1. The molecular formula is C26H34F2N6O2. The van der Waals surface area contributed by atoms with Crippen LogP contribution in [0, 0.1) is 0 Å². The van der Waals surface area contributed by atoms with Gasteiger partial charge in [-0.1, -0.05) is 30.3 Å². The standard InChI is InChI=1S/C26H34F2N6O2/c1-24(27,28)21-20(17-29-22(30-21)33-13-15-36-16-14-33)34-18-25(31-23(34)35)9-11-26(12-10-25,32(2)3)19-7-5-4-6-8-19/h4-8,17H,9-16,18H2,1-3H3,(H,31,35). The van der Waals surface area contributed by atoms with Crippen LogP contribution in [0.5, 0.6) is 0 Å². The van der Waals surface area contributed by atoms with Gasteiger partial charge in [-0.05, 0) is 45.3 Å². The average molecular weight is 501 g/mol. The smallest absolute Gasteiger partial charge is 0.322 e. The Morgan fingerprint density at radius 1 is 1.08 bits per heavy atom. The second-order valence-electron chi connectivity index (χ2n) is 10.5. The Morgan fingerprint density at radius 2 is 1.75 bits per heavy atom. The molecule has 0 bridgehead atoms. The molecule has 3 aliphatic rings. The summed E-state index contributed by atoms with van der Waals surface area (Å²) >= 11 is 0. The van der Waals surface area contributed by atoms with E-state index in [0.29, 0.717) is 32.8 Å². The molecule has 1 spiro atoms. The third-order valence-corrected chi connectivity index (χ3v) is 8.04. The van der Waals surface area contributed by atoms with Crippen LogP contribution in [0.25, 0.3) is 0 Å². The number of alkyl halides is 2. The minimum Gasteiger partial charge on any atom is -0.378 e. The molecule has 1 saturated carbocycles. The summed E-state index contributed by atoms with van der Waals surface area (Å²) in [6.45, 7) is 3.20. The molecule has 2 saturated heterocycles. The highest BCUT2D eigenvalue weighted by molar-refractivity contribution is 5.96. The summed E-state index contributed by atoms with van der Waals surface area (Å²) in [5.74, 6) is -2.99. The van der Waals surface area contributed by atoms with Gasteiger partial charge >= 0.3 is 6.03 Å². The molecule has 8 nitrogen and oxygen atoms in total. The van der Waals surface area contributed by atoms with E-state index in [1.165, 1.54) is 16.7 Å². The van der Waals surface area contributed by atoms with Crippen LogP contribution in [0.1, 0.15) is 43.9 Å². The maximum absolute atomic E-state index is 14.8. The maximum Gasteiger partial charge on any atom is 0.322 e. The number of amides is 2. The average Bonchev–Trinajstić information content (AvgIpc) is 3.20. The topological polar surface area (TPSA) is 73.8 Å². The number of anilines is 2. The molecule has 36 heavy (non-hydrogen) atoms. The van der Waals surface area contributed by atoms with Crippen molar-refractivity contribution < 1.29 is 18.3 Å². The molecular weight excluding hydrogens is 466 g/mol. The first-order valence-electron chi connectivity index (χ1n) is 12.5. The lowest BCUT2D eigenvalue weighted by molar-refractivity contribution is 0.0132. The van der Waals surface area contributed by atoms with E-state index in [0.717, 1.165) is 32.6 Å². The number of benzene rings is 1. The lowest BCUT2D eigenvalue weighted by Gasteiger charge is -2.48. The van der Waals surface area contributed by atoms with Crippen molar-refractivity contribution in [2.75, 3.05) is 56.7 Å². The monoisotopic (exact) mass is 500 g/mol. The summed E-state index contributed by atoms with van der Waals surface area (Å²) in [7, 11) is 4.18. The largest absolute Gasteiger partial charge is 0.378 e. The van der Waals surface area contributed by atoms with E-state index in [1.807, 2.05) is 11.0 Å². The van der Waals surface area contributed by atoms with E-state index in [9.17, 15) is 13.6 Å². The van der Waals surface area contributed by atoms with Gasteiger partial charge in [0.2, 0.25) is 5.95 Å². The molecule has 3 fully saturated rings. The Balaban J connectivity index is 1.40. The fourth-order valence-corrected chi connectivity index (χ4v) is 5.87. The van der Waals surface area contributed by atoms with Crippen LogP contribution in [0.4, 0.5) is 25.2 Å². The van der Waals surface area contributed by atoms with E-state index < -0.39 is 17.2 Å². The highest BCUT2D eigenvalue weighted by Crippen LogP contribution is 2.47. The molecule has 1 aromatic carbocycles. The predicted octanol–water partition coefficient (Wildman–Crippen LogP) is 3.72. The van der Waals surface area contributed by atoms with Gasteiger partial charge in [-0.15, -0.1) is 0 Å². The number of nitrogens with zero attached hydrogens (tertiary/aromatic N) is 5. The SMILES string of the molecule is CN(C)C1(c2ccccc2)CCC2(CC1)CN(c1cnc(N3CCOCC3)nc1C(C)(F)F)C(=O)N2. The molecule has 0 unspecified atom stereocenters. The van der Waals surface area contributed by atoms with E-state index in [4.69, 9.17) is 4.74 Å². The van der Waals surface area contributed by atoms with Gasteiger partial charge in [-0.2, -0.15) is 8.78 Å². The number of hydrogen-bond donors (Lipinski definition) is 1. The van der Waals surface area contributed by atoms with Crippen molar-refractivity contribution in [1.29, 1.82) is 0 Å². The third-order valence-electron chi connectivity index (χ3n) is 8.04. The molecule has 2 amide bonds. The highest BCUT2D eigenvalue weighted by atomic mass is 19.3. The highest BCUT2D eigenvalue weighted by Gasteiger charge is 2.51. The zero-order valence-corrected chi connectivity index (χ0v) is 21.1. The second kappa shape index (κ2) is 9.23. The summed E-state index contributed by atoms with van der Waals surface area (Å²) in [4.78, 5) is 27.3. The maximum atomic E-state index is 14.8. The van der Waals surface area contributed by atoms with Gasteiger partial charge in [0.15, 0.2) is 0 Å². The fraction of sp³-hybridized carbons (Fsp3) is 0.577. The van der Waals surface area contributed by atoms with E-state index in [1.54, 1.807) is 0 Å². The molecule has 10 heteroatoms. The normalized spacial score (nSPS) is 27.1. The van der Waals surface area contributed by atoms with Crippen LogP contribution in [0.3, 0.4) is 0 Å². The summed E-state index contributed by atoms with van der Waals surface area (Å²) < 4.78 is 34.9. The lowest BCUT2D eigenvalue weighted by atomic mass is 9.69. The Hall–Kier alpha value is -2.85. The number of rotatable bonds is 5. The van der Waals surface area contributed by atoms with Gasteiger partial charge in [0.1, 0.15) is 5.69 Å². The molecule has 1 N–H and O–H groups in total. The summed E-state index contributed by atoms with van der Waals surface area (Å²) in [6.07, 6.45) is 4.56. The van der Waals surface area contributed by atoms with Crippen molar-refractivity contribution in [2.45, 2.75) is 49.6 Å². The van der Waals surface area contributed by atoms with Crippen LogP contribution in [-0.2, 0) is 16.2 Å². The van der Waals surface area contributed by atoms with Gasteiger partial charge < -0.3 is 15.0 Å². The van der Waals surface area contributed by atoms with Gasteiger partial charge in [-0.3, -0.25) is 9.80 Å². The molecule has 2 aliphatic heterocycles. The van der Waals surface area contributed by atoms with Gasteiger partial charge in [0.25, 0.3) is 5.92 Å². The van der Waals surface area contributed by atoms with Crippen molar-refractivity contribution in [2.24, 2.45) is 0 Å². The van der Waals surface area contributed by atoms with Crippen LogP contribution in [0.2, 0.25) is 0 Å². The first-order valence-corrected chi connectivity index (χ1v) is 12.5. The molecule has 1 aliphatic carbocycles. The Kier molecular flexibility index (Phi) is 6.36. The van der Waals surface area contributed by atoms with E-state index >= 15 is 0 Å². The summed E-state index contributed by atoms with van der Waals surface area (Å²) in [6, 6.07) is 10.1. The van der Waals surface area contributed by atoms with Crippen molar-refractivity contribution in [3.05, 3.63) is 47.8 Å². The van der Waals surface area contributed by atoms with Gasteiger partial charge in [0.05, 0.1) is 37.2 Å². The zero-order valence-electron chi connectivity index (χ0n) is 21.1. The van der Waals surface area contributed by atoms with Crippen molar-refractivity contribution in [3.8, 4) is 0 Å². The number of urea groups is 1. The number of hydrogen-bond acceptors (Lipinski definition) is 6. The Morgan fingerprint density at radius 3 is 2.36 bits per heavy atom. The molecule has 1 aromatic heterocycles. The third kappa shape index (κ3) is 4.41. The molecule has 3 heterocycles. The molecule has 5 rings (SSSR count). The number of nitrogens with one attached hydrogen (secondary N) is 1. The number of ether oxygens (including phenoxy) is 1. The minimum atomic E-state index is -3.23. The second-order valence-corrected chi connectivity index (χ2v) is 10.5. The number of aromatic nitrogens is 2. The number of carbonyl (C=O) groups is 1. The van der Waals surface area contributed by atoms with Gasteiger partial charge in [-0.25, -0.2) is 14.8 Å². The van der Waals surface area contributed by atoms with Crippen LogP contribution in [0.15, 0.2) is 36.5 Å². The van der Waals surface area contributed by atoms with Crippen LogP contribution in [-0.4, -0.2) is 73.4 Å². The predicted molar refractivity (Wildman–Crippen MR) is 134 cm³/mol. The number of halogens is 2. The molecule has 0 atom stereocenters. The van der Waals surface area contributed by atoms with E-state index in [-0.39, 0.29) is 23.2 Å². The van der Waals surface area contributed by atoms with Crippen LogP contribution >= 0.6 is 0 Å². The van der Waals surface area contributed by atoms with E-state index in [2.05, 4.69) is 58.5 Å². The van der Waals surface area contributed by atoms with Crippen molar-refractivity contribution in [1.82, 2.24) is 20.2 Å². The summed E-state index contributed by atoms with van der Waals surface area (Å²) in [5.41, 5.74) is 0.297. The van der Waals surface area contributed by atoms with Crippen molar-refractivity contribution in [3.63, 3.8) is 0 Å². The fourth-order valence-electron chi connectivity index (χ4n) is 5.87. The van der Waals surface area contributed by atoms with Crippen LogP contribution < -0.4 is 15.1 Å². The minimum absolute atomic E-state index is 0.0707. The van der Waals surface area contributed by atoms with Crippen molar-refractivity contribution >= 4 is 17.7 Å². The summed E-state index contributed by atoms with van der Waals surface area (Å²) in [5, 5.41) is 3.14. The quantitative estimate of drug-likeness (QED) is 0.675. The number of morpholine rings is 1. The molecule has 194 valence electrons. The Bertz CT molecular complexity index is 1090. The first-order chi connectivity index (χ1) is 17.1. The molecule has 0 radical (unpaired) electrons. The zero-order chi connectivity index (χ0) is 25.6. The first kappa shape index (κ1) is 24.8. The Labute approximate surface area is 210 Å². The lowest BCUT2D eigenvalue weighted by Crippen LogP contribution is -2.54. The van der Waals surface area contributed by atoms with Gasteiger partial charge in [0, 0.05) is 25.6 Å².